The number of nitrogens with two attached hydrogens (primary N) is 1. The van der Waals surface area contributed by atoms with E-state index in [2.05, 4.69) is 4.72 Å². The number of halogens is 3. The van der Waals surface area contributed by atoms with Crippen molar-refractivity contribution in [3.8, 4) is 0 Å². The molecule has 0 bridgehead atoms. The molecule has 0 unspecified atom stereocenters. The van der Waals surface area contributed by atoms with Gasteiger partial charge in [-0.05, 0) is 49.4 Å². The molecular weight excluding hydrogens is 355 g/mol. The first-order chi connectivity index (χ1) is 9.34. The Bertz CT molecular complexity index is 553. The highest BCUT2D eigenvalue weighted by Gasteiger charge is 2.23. The second-order valence-corrected chi connectivity index (χ2v) is 7.89. The van der Waals surface area contributed by atoms with Gasteiger partial charge >= 0.3 is 0 Å². The molecule has 0 aliphatic heterocycles. The van der Waals surface area contributed by atoms with Crippen LogP contribution in [0.25, 0.3) is 0 Å². The Hall–Kier alpha value is -0.0400. The van der Waals surface area contributed by atoms with Crippen LogP contribution in [0.4, 0.5) is 0 Å². The molecule has 0 aromatic heterocycles. The molecule has 1 aliphatic carbocycles. The molecule has 8 heteroatoms. The molecule has 2 rings (SSSR count). The van der Waals surface area contributed by atoms with E-state index >= 15 is 0 Å². The Labute approximate surface area is 141 Å². The van der Waals surface area contributed by atoms with E-state index < -0.39 is 10.0 Å². The fourth-order valence-corrected chi connectivity index (χ4v) is 4.45. The molecular formula is C13H19Cl3N2O2S. The van der Waals surface area contributed by atoms with E-state index in [9.17, 15) is 8.42 Å². The molecule has 1 aromatic rings. The van der Waals surface area contributed by atoms with Crippen molar-refractivity contribution in [2.75, 3.05) is 0 Å². The molecule has 0 saturated heterocycles. The van der Waals surface area contributed by atoms with Gasteiger partial charge in [-0.25, -0.2) is 13.1 Å². The molecule has 0 spiro atoms. The Morgan fingerprint density at radius 2 is 1.62 bits per heavy atom. The third-order valence-electron chi connectivity index (χ3n) is 3.40. The highest BCUT2D eigenvalue weighted by atomic mass is 35.5. The quantitative estimate of drug-likeness (QED) is 0.851. The minimum atomic E-state index is -3.39. The van der Waals surface area contributed by atoms with Gasteiger partial charge in [-0.1, -0.05) is 23.2 Å². The SMILES string of the molecule is Cl.NC1CCC(NS(=O)(=O)Cc2cc(Cl)cc(Cl)c2)CC1. The Balaban J connectivity index is 0.00000220. The van der Waals surface area contributed by atoms with Crippen LogP contribution in [0.2, 0.25) is 10.0 Å². The molecule has 3 N–H and O–H groups in total. The molecule has 1 saturated carbocycles. The Morgan fingerprint density at radius 3 is 2.14 bits per heavy atom. The molecule has 0 radical (unpaired) electrons. The largest absolute Gasteiger partial charge is 0.328 e. The van der Waals surface area contributed by atoms with Crippen LogP contribution in [0.15, 0.2) is 18.2 Å². The number of hydrogen-bond acceptors (Lipinski definition) is 3. The van der Waals surface area contributed by atoms with Gasteiger partial charge in [-0.3, -0.25) is 0 Å². The maximum absolute atomic E-state index is 12.1. The molecule has 0 atom stereocenters. The summed E-state index contributed by atoms with van der Waals surface area (Å²) in [7, 11) is -3.39. The average molecular weight is 374 g/mol. The molecule has 120 valence electrons. The van der Waals surface area contributed by atoms with Crippen molar-refractivity contribution in [3.05, 3.63) is 33.8 Å². The summed E-state index contributed by atoms with van der Waals surface area (Å²) >= 11 is 11.7. The summed E-state index contributed by atoms with van der Waals surface area (Å²) in [5, 5.41) is 0.873. The summed E-state index contributed by atoms with van der Waals surface area (Å²) in [6.07, 6.45) is 3.29. The van der Waals surface area contributed by atoms with Crippen LogP contribution >= 0.6 is 35.6 Å². The van der Waals surface area contributed by atoms with Gasteiger partial charge in [-0.15, -0.1) is 12.4 Å². The fourth-order valence-electron chi connectivity index (χ4n) is 2.45. The van der Waals surface area contributed by atoms with Gasteiger partial charge in [0.05, 0.1) is 5.75 Å². The first kappa shape index (κ1) is 19.0. The molecule has 0 heterocycles. The van der Waals surface area contributed by atoms with Crippen molar-refractivity contribution in [3.63, 3.8) is 0 Å². The van der Waals surface area contributed by atoms with Crippen molar-refractivity contribution < 1.29 is 8.42 Å². The van der Waals surface area contributed by atoms with E-state index in [1.165, 1.54) is 0 Å². The summed E-state index contributed by atoms with van der Waals surface area (Å²) in [6.45, 7) is 0. The van der Waals surface area contributed by atoms with E-state index in [1.807, 2.05) is 0 Å². The van der Waals surface area contributed by atoms with Crippen LogP contribution in [0.5, 0.6) is 0 Å². The first-order valence-corrected chi connectivity index (χ1v) is 8.95. The van der Waals surface area contributed by atoms with Crippen LogP contribution in [0.1, 0.15) is 31.2 Å². The van der Waals surface area contributed by atoms with Gasteiger partial charge in [-0.2, -0.15) is 0 Å². The second-order valence-electron chi connectivity index (χ2n) is 5.27. The molecule has 4 nitrogen and oxygen atoms in total. The highest BCUT2D eigenvalue weighted by Crippen LogP contribution is 2.22. The number of nitrogens with one attached hydrogen (secondary N) is 1. The van der Waals surface area contributed by atoms with Crippen LogP contribution < -0.4 is 10.5 Å². The summed E-state index contributed by atoms with van der Waals surface area (Å²) < 4.78 is 27.0. The lowest BCUT2D eigenvalue weighted by molar-refractivity contribution is 0.373. The molecule has 21 heavy (non-hydrogen) atoms. The fraction of sp³-hybridized carbons (Fsp3) is 0.538. The zero-order chi connectivity index (χ0) is 14.8. The van der Waals surface area contributed by atoms with Gasteiger partial charge in [0.15, 0.2) is 0 Å². The minimum Gasteiger partial charge on any atom is -0.328 e. The second kappa shape index (κ2) is 7.99. The zero-order valence-corrected chi connectivity index (χ0v) is 14.5. The zero-order valence-electron chi connectivity index (χ0n) is 11.4. The van der Waals surface area contributed by atoms with Crippen molar-refractivity contribution in [1.82, 2.24) is 4.72 Å². The summed E-state index contributed by atoms with van der Waals surface area (Å²) in [5.41, 5.74) is 6.40. The lowest BCUT2D eigenvalue weighted by atomic mass is 9.93. The van der Waals surface area contributed by atoms with Crippen molar-refractivity contribution in [1.29, 1.82) is 0 Å². The predicted molar refractivity (Wildman–Crippen MR) is 89.7 cm³/mol. The van der Waals surface area contributed by atoms with E-state index in [0.29, 0.717) is 15.6 Å². The normalized spacial score (nSPS) is 22.6. The van der Waals surface area contributed by atoms with Crippen molar-refractivity contribution in [2.45, 2.75) is 43.5 Å². The van der Waals surface area contributed by atoms with E-state index in [1.54, 1.807) is 18.2 Å². The van der Waals surface area contributed by atoms with Gasteiger partial charge in [0, 0.05) is 22.1 Å². The number of benzene rings is 1. The maximum atomic E-state index is 12.1. The molecule has 1 aromatic carbocycles. The summed E-state index contributed by atoms with van der Waals surface area (Å²) in [5.74, 6) is -0.115. The summed E-state index contributed by atoms with van der Waals surface area (Å²) in [6, 6.07) is 4.99. The monoisotopic (exact) mass is 372 g/mol. The maximum Gasteiger partial charge on any atom is 0.216 e. The van der Waals surface area contributed by atoms with Gasteiger partial charge in [0.25, 0.3) is 0 Å². The average Bonchev–Trinajstić information content (AvgIpc) is 2.29. The molecule has 1 aliphatic rings. The van der Waals surface area contributed by atoms with Gasteiger partial charge < -0.3 is 5.73 Å². The van der Waals surface area contributed by atoms with Crippen molar-refractivity contribution in [2.24, 2.45) is 5.73 Å². The number of rotatable bonds is 4. The van der Waals surface area contributed by atoms with E-state index in [-0.39, 0.29) is 30.2 Å². The minimum absolute atomic E-state index is 0. The highest BCUT2D eigenvalue weighted by molar-refractivity contribution is 7.88. The molecule has 0 amide bonds. The standard InChI is InChI=1S/C13H18Cl2N2O2S.ClH/c14-10-5-9(6-11(15)7-10)8-20(18,19)17-13-3-1-12(16)2-4-13;/h5-7,12-13,17H,1-4,8,16H2;1H. The number of sulfonamides is 1. The smallest absolute Gasteiger partial charge is 0.216 e. The lowest BCUT2D eigenvalue weighted by Crippen LogP contribution is -2.40. The third kappa shape index (κ3) is 6.30. The first-order valence-electron chi connectivity index (χ1n) is 6.54. The Morgan fingerprint density at radius 1 is 1.10 bits per heavy atom. The topological polar surface area (TPSA) is 72.2 Å². The molecule has 1 fully saturated rings. The Kier molecular flexibility index (Phi) is 7.24. The third-order valence-corrected chi connectivity index (χ3v) is 5.24. The van der Waals surface area contributed by atoms with E-state index in [0.717, 1.165) is 25.7 Å². The predicted octanol–water partition coefficient (Wildman–Crippen LogP) is 3.10. The summed E-state index contributed by atoms with van der Waals surface area (Å²) in [4.78, 5) is 0. The van der Waals surface area contributed by atoms with E-state index in [4.69, 9.17) is 28.9 Å². The van der Waals surface area contributed by atoms with Crippen LogP contribution in [0, 0.1) is 0 Å². The van der Waals surface area contributed by atoms with Crippen LogP contribution in [-0.4, -0.2) is 20.5 Å². The number of hydrogen-bond donors (Lipinski definition) is 2. The lowest BCUT2D eigenvalue weighted by Gasteiger charge is -2.26. The van der Waals surface area contributed by atoms with Crippen LogP contribution in [-0.2, 0) is 15.8 Å². The van der Waals surface area contributed by atoms with Gasteiger partial charge in [0.2, 0.25) is 10.0 Å². The van der Waals surface area contributed by atoms with Gasteiger partial charge in [0.1, 0.15) is 0 Å². The van der Waals surface area contributed by atoms with Crippen molar-refractivity contribution >= 4 is 45.6 Å². The van der Waals surface area contributed by atoms with Crippen LogP contribution in [0.3, 0.4) is 0 Å².